The molecule has 0 unspecified atom stereocenters. The molecule has 2 heterocycles. The van der Waals surface area contributed by atoms with Gasteiger partial charge in [0.15, 0.2) is 0 Å². The highest BCUT2D eigenvalue weighted by atomic mass is 16.6. The predicted octanol–water partition coefficient (Wildman–Crippen LogP) is 3.10. The third kappa shape index (κ3) is 5.35. The predicted molar refractivity (Wildman–Crippen MR) is 98.3 cm³/mol. The summed E-state index contributed by atoms with van der Waals surface area (Å²) in [6.07, 6.45) is 4.57. The maximum atomic E-state index is 12.4. The van der Waals surface area contributed by atoms with Crippen molar-refractivity contribution < 1.29 is 9.53 Å². The molecular weight excluding hydrogens is 302 g/mol. The second-order valence-corrected chi connectivity index (χ2v) is 8.88. The van der Waals surface area contributed by atoms with Gasteiger partial charge in [0.1, 0.15) is 5.60 Å². The van der Waals surface area contributed by atoms with Crippen LogP contribution in [0, 0.1) is 5.92 Å². The minimum absolute atomic E-state index is 0.160. The second kappa shape index (κ2) is 8.05. The number of amides is 1. The van der Waals surface area contributed by atoms with Crippen molar-refractivity contribution in [1.82, 2.24) is 15.1 Å². The van der Waals surface area contributed by atoms with E-state index in [9.17, 15) is 4.79 Å². The molecule has 2 aliphatic heterocycles. The highest BCUT2D eigenvalue weighted by molar-refractivity contribution is 5.68. The van der Waals surface area contributed by atoms with Gasteiger partial charge in [0.25, 0.3) is 0 Å². The van der Waals surface area contributed by atoms with Crippen molar-refractivity contribution in [2.24, 2.45) is 5.92 Å². The van der Waals surface area contributed by atoms with Crippen molar-refractivity contribution in [2.45, 2.75) is 71.4 Å². The van der Waals surface area contributed by atoms with Crippen LogP contribution < -0.4 is 5.32 Å². The van der Waals surface area contributed by atoms with Crippen molar-refractivity contribution in [3.63, 3.8) is 0 Å². The van der Waals surface area contributed by atoms with Crippen LogP contribution in [0.1, 0.15) is 60.3 Å². The monoisotopic (exact) mass is 339 g/mol. The molecule has 0 aromatic rings. The molecule has 5 nitrogen and oxygen atoms in total. The molecule has 1 amide bonds. The maximum Gasteiger partial charge on any atom is 0.410 e. The molecule has 2 rings (SSSR count). The molecule has 2 saturated heterocycles. The van der Waals surface area contributed by atoms with Crippen molar-refractivity contribution in [1.29, 1.82) is 0 Å². The van der Waals surface area contributed by atoms with E-state index in [0.717, 1.165) is 45.7 Å². The van der Waals surface area contributed by atoms with Gasteiger partial charge in [0, 0.05) is 31.7 Å². The Morgan fingerprint density at radius 2 is 1.79 bits per heavy atom. The lowest BCUT2D eigenvalue weighted by molar-refractivity contribution is 0.0206. The Hall–Kier alpha value is -0.810. The summed E-state index contributed by atoms with van der Waals surface area (Å²) in [4.78, 5) is 17.0. The fourth-order valence-electron chi connectivity index (χ4n) is 4.20. The SMILES string of the molecule is CC(C)CC1(N2CCCN(C(=O)OC(C)(C)C)CC2)CCNCC1. The fraction of sp³-hybridized carbons (Fsp3) is 0.947. The summed E-state index contributed by atoms with van der Waals surface area (Å²) in [6.45, 7) is 16.3. The summed E-state index contributed by atoms with van der Waals surface area (Å²) in [6, 6.07) is 0. The zero-order valence-electron chi connectivity index (χ0n) is 16.4. The second-order valence-electron chi connectivity index (χ2n) is 8.88. The number of carbonyl (C=O) groups is 1. The van der Waals surface area contributed by atoms with Crippen LogP contribution in [0.15, 0.2) is 0 Å². The first-order valence-corrected chi connectivity index (χ1v) is 9.66. The van der Waals surface area contributed by atoms with E-state index in [1.807, 2.05) is 25.7 Å². The van der Waals surface area contributed by atoms with E-state index in [1.54, 1.807) is 0 Å². The maximum absolute atomic E-state index is 12.4. The van der Waals surface area contributed by atoms with Gasteiger partial charge in [-0.2, -0.15) is 0 Å². The van der Waals surface area contributed by atoms with Crippen molar-refractivity contribution in [3.8, 4) is 0 Å². The van der Waals surface area contributed by atoms with E-state index in [0.29, 0.717) is 11.5 Å². The van der Waals surface area contributed by atoms with Gasteiger partial charge < -0.3 is 15.0 Å². The highest BCUT2D eigenvalue weighted by Gasteiger charge is 2.39. The fourth-order valence-corrected chi connectivity index (χ4v) is 4.20. The average molecular weight is 340 g/mol. The molecule has 24 heavy (non-hydrogen) atoms. The van der Waals surface area contributed by atoms with Gasteiger partial charge in [-0.3, -0.25) is 4.90 Å². The van der Waals surface area contributed by atoms with E-state index in [1.165, 1.54) is 19.3 Å². The number of piperidine rings is 1. The molecule has 0 aliphatic carbocycles. The summed E-state index contributed by atoms with van der Waals surface area (Å²) < 4.78 is 5.56. The Balaban J connectivity index is 2.01. The van der Waals surface area contributed by atoms with Gasteiger partial charge >= 0.3 is 6.09 Å². The summed E-state index contributed by atoms with van der Waals surface area (Å²) in [5, 5.41) is 3.51. The smallest absolute Gasteiger partial charge is 0.410 e. The summed E-state index contributed by atoms with van der Waals surface area (Å²) in [5.74, 6) is 0.702. The normalized spacial score (nSPS) is 23.2. The van der Waals surface area contributed by atoms with Crippen LogP contribution in [0.5, 0.6) is 0 Å². The van der Waals surface area contributed by atoms with E-state index >= 15 is 0 Å². The first kappa shape index (κ1) is 19.5. The van der Waals surface area contributed by atoms with Gasteiger partial charge in [-0.1, -0.05) is 13.8 Å². The number of hydrogen-bond acceptors (Lipinski definition) is 4. The minimum atomic E-state index is -0.420. The van der Waals surface area contributed by atoms with E-state index < -0.39 is 5.60 Å². The number of nitrogens with zero attached hydrogens (tertiary/aromatic N) is 2. The molecule has 2 aliphatic rings. The van der Waals surface area contributed by atoms with Gasteiger partial charge in [0.2, 0.25) is 0 Å². The van der Waals surface area contributed by atoms with Crippen LogP contribution in [0.3, 0.4) is 0 Å². The first-order chi connectivity index (χ1) is 11.2. The zero-order chi connectivity index (χ0) is 17.8. The van der Waals surface area contributed by atoms with E-state index in [-0.39, 0.29) is 6.09 Å². The van der Waals surface area contributed by atoms with Crippen molar-refractivity contribution in [3.05, 3.63) is 0 Å². The third-order valence-corrected chi connectivity index (χ3v) is 5.14. The number of carbonyl (C=O) groups excluding carboxylic acids is 1. The van der Waals surface area contributed by atoms with Crippen LogP contribution in [0.4, 0.5) is 4.79 Å². The van der Waals surface area contributed by atoms with Crippen molar-refractivity contribution in [2.75, 3.05) is 39.3 Å². The van der Waals surface area contributed by atoms with E-state index in [4.69, 9.17) is 4.74 Å². The largest absolute Gasteiger partial charge is 0.444 e. The van der Waals surface area contributed by atoms with Crippen molar-refractivity contribution >= 4 is 6.09 Å². The van der Waals surface area contributed by atoms with Gasteiger partial charge in [-0.25, -0.2) is 4.79 Å². The Bertz CT molecular complexity index is 411. The lowest BCUT2D eigenvalue weighted by atomic mass is 9.79. The number of nitrogens with one attached hydrogen (secondary N) is 1. The van der Waals surface area contributed by atoms with Gasteiger partial charge in [-0.15, -0.1) is 0 Å². The standard InChI is InChI=1S/C19H37N3O2/c1-16(2)15-19(7-9-20-10-8-19)22-12-6-11-21(13-14-22)17(23)24-18(3,4)5/h16,20H,6-15H2,1-5H3. The van der Waals surface area contributed by atoms with Crippen LogP contribution in [0.2, 0.25) is 0 Å². The number of rotatable bonds is 3. The minimum Gasteiger partial charge on any atom is -0.444 e. The molecule has 0 spiro atoms. The Morgan fingerprint density at radius 1 is 1.12 bits per heavy atom. The number of hydrogen-bond donors (Lipinski definition) is 1. The average Bonchev–Trinajstić information content (AvgIpc) is 2.72. The molecule has 0 radical (unpaired) electrons. The molecule has 1 N–H and O–H groups in total. The Labute approximate surface area is 148 Å². The molecule has 2 fully saturated rings. The first-order valence-electron chi connectivity index (χ1n) is 9.66. The molecule has 0 bridgehead atoms. The van der Waals surface area contributed by atoms with Crippen LogP contribution in [0.25, 0.3) is 0 Å². The molecule has 5 heteroatoms. The summed E-state index contributed by atoms with van der Waals surface area (Å²) >= 11 is 0. The molecule has 140 valence electrons. The molecule has 0 aromatic heterocycles. The van der Waals surface area contributed by atoms with E-state index in [2.05, 4.69) is 24.1 Å². The summed E-state index contributed by atoms with van der Waals surface area (Å²) in [7, 11) is 0. The molecule has 0 aromatic carbocycles. The Morgan fingerprint density at radius 3 is 2.38 bits per heavy atom. The molecular formula is C19H37N3O2. The molecule has 0 atom stereocenters. The third-order valence-electron chi connectivity index (χ3n) is 5.14. The summed E-state index contributed by atoms with van der Waals surface area (Å²) in [5.41, 5.74) is -0.111. The van der Waals surface area contributed by atoms with Crippen LogP contribution >= 0.6 is 0 Å². The van der Waals surface area contributed by atoms with Gasteiger partial charge in [0.05, 0.1) is 0 Å². The highest BCUT2D eigenvalue weighted by Crippen LogP contribution is 2.34. The zero-order valence-corrected chi connectivity index (χ0v) is 16.4. The number of ether oxygens (including phenoxy) is 1. The van der Waals surface area contributed by atoms with Crippen LogP contribution in [-0.4, -0.2) is 66.3 Å². The quantitative estimate of drug-likeness (QED) is 0.858. The van der Waals surface area contributed by atoms with Gasteiger partial charge in [-0.05, 0) is 65.5 Å². The topological polar surface area (TPSA) is 44.8 Å². The Kier molecular flexibility index (Phi) is 6.54. The van der Waals surface area contributed by atoms with Crippen LogP contribution in [-0.2, 0) is 4.74 Å². The molecule has 0 saturated carbocycles. The lowest BCUT2D eigenvalue weighted by Crippen LogP contribution is -2.56. The lowest BCUT2D eigenvalue weighted by Gasteiger charge is -2.47.